The van der Waals surface area contributed by atoms with Crippen molar-refractivity contribution in [2.75, 3.05) is 27.2 Å². The maximum absolute atomic E-state index is 13.4. The van der Waals surface area contributed by atoms with Crippen molar-refractivity contribution in [2.45, 2.75) is 32.9 Å². The molecular formula is C19H26N4O4S. The standard InChI is InChI=1S/C19H26N4O4S/c1-13-14(2)23(28(25,26)21(4)5)12-11-22(13)19(24)17-15(3)27-20-18(17)16-9-7-6-8-10-16/h6-10,13-14H,11-12H2,1-5H3/t13-,14-/m1/s1. The van der Waals surface area contributed by atoms with Crippen LogP contribution >= 0.6 is 0 Å². The lowest BCUT2D eigenvalue weighted by atomic mass is 10.0. The first kappa shape index (κ1) is 20.5. The summed E-state index contributed by atoms with van der Waals surface area (Å²) in [5.74, 6) is 0.255. The molecule has 0 aliphatic carbocycles. The Kier molecular flexibility index (Phi) is 5.60. The number of nitrogens with zero attached hydrogens (tertiary/aromatic N) is 4. The minimum absolute atomic E-state index is 0.196. The molecule has 1 aliphatic heterocycles. The van der Waals surface area contributed by atoms with Crippen LogP contribution in [0.1, 0.15) is 30.0 Å². The molecule has 2 atom stereocenters. The zero-order chi connectivity index (χ0) is 20.6. The van der Waals surface area contributed by atoms with Crippen LogP contribution in [0.15, 0.2) is 34.9 Å². The molecule has 1 fully saturated rings. The van der Waals surface area contributed by atoms with Crippen LogP contribution in [0.4, 0.5) is 0 Å². The predicted octanol–water partition coefficient (Wildman–Crippen LogP) is 1.99. The van der Waals surface area contributed by atoms with Crippen LogP contribution in [0.3, 0.4) is 0 Å². The molecule has 1 aromatic carbocycles. The Labute approximate surface area is 165 Å². The molecule has 1 amide bonds. The van der Waals surface area contributed by atoms with E-state index in [4.69, 9.17) is 4.52 Å². The van der Waals surface area contributed by atoms with Gasteiger partial charge in [-0.05, 0) is 20.8 Å². The topological polar surface area (TPSA) is 87.0 Å². The average Bonchev–Trinajstić information content (AvgIpc) is 3.05. The Morgan fingerprint density at radius 3 is 2.39 bits per heavy atom. The van der Waals surface area contributed by atoms with Crippen molar-refractivity contribution in [1.29, 1.82) is 0 Å². The number of aromatic nitrogens is 1. The largest absolute Gasteiger partial charge is 0.360 e. The molecule has 152 valence electrons. The average molecular weight is 407 g/mol. The molecule has 2 heterocycles. The summed E-state index contributed by atoms with van der Waals surface area (Å²) < 4.78 is 33.1. The first-order valence-electron chi connectivity index (χ1n) is 9.18. The number of hydrogen-bond donors (Lipinski definition) is 0. The summed E-state index contributed by atoms with van der Waals surface area (Å²) in [6.45, 7) is 5.95. The van der Waals surface area contributed by atoms with Gasteiger partial charge in [0.15, 0.2) is 0 Å². The molecule has 0 unspecified atom stereocenters. The molecule has 2 aromatic rings. The number of benzene rings is 1. The molecule has 0 bridgehead atoms. The van der Waals surface area contributed by atoms with Gasteiger partial charge >= 0.3 is 0 Å². The summed E-state index contributed by atoms with van der Waals surface area (Å²) in [5, 5.41) is 4.09. The number of carbonyl (C=O) groups excluding carboxylic acids is 1. The fraction of sp³-hybridized carbons (Fsp3) is 0.474. The van der Waals surface area contributed by atoms with Gasteiger partial charge in [-0.15, -0.1) is 0 Å². The SMILES string of the molecule is Cc1onc(-c2ccccc2)c1C(=O)N1CCN(S(=O)(=O)N(C)C)[C@H](C)[C@H]1C. The minimum atomic E-state index is -3.55. The van der Waals surface area contributed by atoms with Gasteiger partial charge in [0.1, 0.15) is 17.0 Å². The second kappa shape index (κ2) is 7.65. The zero-order valence-electron chi connectivity index (χ0n) is 16.8. The molecule has 1 saturated heterocycles. The minimum Gasteiger partial charge on any atom is -0.360 e. The maximum Gasteiger partial charge on any atom is 0.281 e. The van der Waals surface area contributed by atoms with E-state index in [9.17, 15) is 13.2 Å². The van der Waals surface area contributed by atoms with Crippen LogP contribution in [0.5, 0.6) is 0 Å². The lowest BCUT2D eigenvalue weighted by Crippen LogP contribution is -2.61. The monoisotopic (exact) mass is 406 g/mol. The van der Waals surface area contributed by atoms with E-state index in [2.05, 4.69) is 5.16 Å². The van der Waals surface area contributed by atoms with Crippen LogP contribution in [-0.4, -0.2) is 72.3 Å². The second-order valence-electron chi connectivity index (χ2n) is 7.21. The van der Waals surface area contributed by atoms with Gasteiger partial charge in [0, 0.05) is 44.8 Å². The van der Waals surface area contributed by atoms with Crippen molar-refractivity contribution in [1.82, 2.24) is 18.7 Å². The van der Waals surface area contributed by atoms with E-state index in [0.717, 1.165) is 5.56 Å². The third kappa shape index (κ3) is 3.45. The van der Waals surface area contributed by atoms with E-state index in [1.807, 2.05) is 44.2 Å². The van der Waals surface area contributed by atoms with Crippen molar-refractivity contribution < 1.29 is 17.7 Å². The lowest BCUT2D eigenvalue weighted by Gasteiger charge is -2.44. The van der Waals surface area contributed by atoms with E-state index in [1.54, 1.807) is 11.8 Å². The molecule has 8 nitrogen and oxygen atoms in total. The van der Waals surface area contributed by atoms with Crippen molar-refractivity contribution in [2.24, 2.45) is 0 Å². The van der Waals surface area contributed by atoms with Gasteiger partial charge in [-0.25, -0.2) is 0 Å². The Morgan fingerprint density at radius 1 is 1.14 bits per heavy atom. The molecule has 0 N–H and O–H groups in total. The highest BCUT2D eigenvalue weighted by molar-refractivity contribution is 7.86. The third-order valence-corrected chi connectivity index (χ3v) is 7.38. The third-order valence-electron chi connectivity index (χ3n) is 5.35. The Bertz CT molecular complexity index is 956. The van der Waals surface area contributed by atoms with E-state index < -0.39 is 10.2 Å². The Morgan fingerprint density at radius 2 is 1.79 bits per heavy atom. The predicted molar refractivity (Wildman–Crippen MR) is 106 cm³/mol. The summed E-state index contributed by atoms with van der Waals surface area (Å²) in [4.78, 5) is 15.1. The number of carbonyl (C=O) groups is 1. The highest BCUT2D eigenvalue weighted by Gasteiger charge is 2.41. The van der Waals surface area contributed by atoms with Crippen molar-refractivity contribution in [3.8, 4) is 11.3 Å². The highest BCUT2D eigenvalue weighted by atomic mass is 32.2. The van der Waals surface area contributed by atoms with Gasteiger partial charge in [-0.3, -0.25) is 4.79 Å². The van der Waals surface area contributed by atoms with E-state index in [-0.39, 0.29) is 24.5 Å². The summed E-state index contributed by atoms with van der Waals surface area (Å²) in [7, 11) is -0.525. The molecule has 0 saturated carbocycles. The number of rotatable bonds is 4. The van der Waals surface area contributed by atoms with Gasteiger partial charge in [0.05, 0.1) is 0 Å². The van der Waals surface area contributed by atoms with Crippen molar-refractivity contribution >= 4 is 16.1 Å². The van der Waals surface area contributed by atoms with Crippen LogP contribution in [-0.2, 0) is 10.2 Å². The van der Waals surface area contributed by atoms with Gasteiger partial charge in [0.2, 0.25) is 0 Å². The van der Waals surface area contributed by atoms with E-state index in [1.165, 1.54) is 22.7 Å². The number of piperazine rings is 1. The maximum atomic E-state index is 13.4. The summed E-state index contributed by atoms with van der Waals surface area (Å²) in [6, 6.07) is 8.75. The number of aryl methyl sites for hydroxylation is 1. The smallest absolute Gasteiger partial charge is 0.281 e. The Hall–Kier alpha value is -2.23. The summed E-state index contributed by atoms with van der Waals surface area (Å²) in [6.07, 6.45) is 0. The fourth-order valence-corrected chi connectivity index (χ4v) is 4.83. The number of hydrogen-bond acceptors (Lipinski definition) is 5. The van der Waals surface area contributed by atoms with Crippen LogP contribution < -0.4 is 0 Å². The van der Waals surface area contributed by atoms with Gasteiger partial charge in [-0.2, -0.15) is 17.0 Å². The molecule has 1 aromatic heterocycles. The quantitative estimate of drug-likeness (QED) is 0.775. The second-order valence-corrected chi connectivity index (χ2v) is 9.30. The Balaban J connectivity index is 1.91. The molecule has 0 spiro atoms. The molecule has 9 heteroatoms. The molecule has 0 radical (unpaired) electrons. The first-order valence-corrected chi connectivity index (χ1v) is 10.6. The van der Waals surface area contributed by atoms with Crippen LogP contribution in [0.25, 0.3) is 11.3 Å². The fourth-order valence-electron chi connectivity index (χ4n) is 3.50. The zero-order valence-corrected chi connectivity index (χ0v) is 17.6. The van der Waals surface area contributed by atoms with E-state index >= 15 is 0 Å². The van der Waals surface area contributed by atoms with Gasteiger partial charge in [-0.1, -0.05) is 35.5 Å². The van der Waals surface area contributed by atoms with Crippen molar-refractivity contribution in [3.63, 3.8) is 0 Å². The molecule has 1 aliphatic rings. The molecule has 3 rings (SSSR count). The molecule has 28 heavy (non-hydrogen) atoms. The first-order chi connectivity index (χ1) is 13.2. The normalized spacial score (nSPS) is 21.3. The lowest BCUT2D eigenvalue weighted by molar-refractivity contribution is 0.0473. The van der Waals surface area contributed by atoms with E-state index in [0.29, 0.717) is 23.6 Å². The van der Waals surface area contributed by atoms with Crippen LogP contribution in [0.2, 0.25) is 0 Å². The summed E-state index contributed by atoms with van der Waals surface area (Å²) in [5.41, 5.74) is 1.73. The summed E-state index contributed by atoms with van der Waals surface area (Å²) >= 11 is 0. The van der Waals surface area contributed by atoms with Crippen molar-refractivity contribution in [3.05, 3.63) is 41.7 Å². The number of amides is 1. The van der Waals surface area contributed by atoms with Crippen LogP contribution in [0, 0.1) is 6.92 Å². The van der Waals surface area contributed by atoms with Gasteiger partial charge < -0.3 is 9.42 Å². The highest BCUT2D eigenvalue weighted by Crippen LogP contribution is 2.29. The molecular weight excluding hydrogens is 380 g/mol. The van der Waals surface area contributed by atoms with Gasteiger partial charge in [0.25, 0.3) is 16.1 Å².